The van der Waals surface area contributed by atoms with Crippen molar-refractivity contribution in [2.24, 2.45) is 0 Å². The van der Waals surface area contributed by atoms with Gasteiger partial charge >= 0.3 is 110 Å². The van der Waals surface area contributed by atoms with Gasteiger partial charge in [0.15, 0.2) is 0 Å². The Labute approximate surface area is 135 Å². The number of aliphatic hydroxyl groups excluding tert-OH is 2. The summed E-state index contributed by atoms with van der Waals surface area (Å²) in [5, 5.41) is 16.9. The number of likely N-dealkylation sites (N-methyl/N-ethyl adjacent to an activating group) is 2. The molecule has 0 aliphatic carbocycles. The second-order valence-electron chi connectivity index (χ2n) is 4.65. The van der Waals surface area contributed by atoms with Crippen LogP contribution in [0.5, 0.6) is 0 Å². The van der Waals surface area contributed by atoms with Gasteiger partial charge in [0, 0.05) is 0 Å². The topological polar surface area (TPSA) is 74.6 Å². The quantitative estimate of drug-likeness (QED) is 0.384. The molecule has 0 fully saturated rings. The molecule has 0 heterocycles. The van der Waals surface area contributed by atoms with Crippen LogP contribution in [-0.4, -0.2) is 73.7 Å². The molecule has 10 heteroatoms. The molecule has 0 spiro atoms. The molecule has 0 radical (unpaired) electrons. The zero-order valence-electron chi connectivity index (χ0n) is 12.1. The number of halogens is 2. The number of hydrogen-bond donors (Lipinski definition) is 2. The predicted molar refractivity (Wildman–Crippen MR) is 71.1 cm³/mol. The zero-order valence-corrected chi connectivity index (χ0v) is 15.4. The molecule has 0 aromatic heterocycles. The molecule has 0 rings (SSSR count). The van der Waals surface area contributed by atoms with Crippen LogP contribution in [-0.2, 0) is 9.13 Å². The van der Waals surface area contributed by atoms with Gasteiger partial charge in [-0.3, -0.25) is 0 Å². The van der Waals surface area contributed by atoms with Gasteiger partial charge in [-0.05, 0) is 0 Å². The fourth-order valence-corrected chi connectivity index (χ4v) is 1.46. The fraction of sp³-hybridized carbons (Fsp3) is 0.800. The molecule has 0 unspecified atom stereocenters. The third-order valence-corrected chi connectivity index (χ3v) is 3.19. The maximum absolute atomic E-state index is 9.98. The molecule has 0 saturated carbocycles. The third-order valence-electron chi connectivity index (χ3n) is 1.94. The molecule has 0 aromatic rings. The third kappa shape index (κ3) is 20.8. The SMILES string of the molecule is C[N+](C)(C#P=O)CCO.C[N+](C)(C#P=O)CCO.[Cl-].[Cl-]. The summed E-state index contributed by atoms with van der Waals surface area (Å²) in [4.78, 5) is 0. The van der Waals surface area contributed by atoms with E-state index in [9.17, 15) is 9.13 Å². The van der Waals surface area contributed by atoms with E-state index in [4.69, 9.17) is 10.2 Å². The molecule has 20 heavy (non-hydrogen) atoms. The molecular formula is C10H22Cl2N2O4P2. The average Bonchev–Trinajstić information content (AvgIpc) is 2.17. The summed E-state index contributed by atoms with van der Waals surface area (Å²) in [6.45, 7) is 1.29. The molecule has 120 valence electrons. The van der Waals surface area contributed by atoms with E-state index in [1.807, 2.05) is 28.2 Å². The Balaban J connectivity index is -0.000000116. The maximum Gasteiger partial charge on any atom is -1.00 e. The maximum atomic E-state index is 9.98. The van der Waals surface area contributed by atoms with Gasteiger partial charge in [0.2, 0.25) is 0 Å². The minimum Gasteiger partial charge on any atom is -1.00 e. The van der Waals surface area contributed by atoms with Crippen LogP contribution in [0.25, 0.3) is 0 Å². The van der Waals surface area contributed by atoms with Gasteiger partial charge < -0.3 is 24.8 Å². The van der Waals surface area contributed by atoms with Crippen LogP contribution in [0.15, 0.2) is 0 Å². The molecule has 6 nitrogen and oxygen atoms in total. The van der Waals surface area contributed by atoms with Crippen molar-refractivity contribution in [1.29, 1.82) is 0 Å². The van der Waals surface area contributed by atoms with Gasteiger partial charge in [-0.15, -0.1) is 0 Å². The van der Waals surface area contributed by atoms with Gasteiger partial charge in [-0.2, -0.15) is 0 Å². The number of quaternary nitrogens is 2. The Hall–Kier alpha value is 0.440. The van der Waals surface area contributed by atoms with E-state index < -0.39 is 0 Å². The van der Waals surface area contributed by atoms with Crippen LogP contribution in [0.1, 0.15) is 0 Å². The molecule has 0 amide bonds. The van der Waals surface area contributed by atoms with E-state index >= 15 is 0 Å². The van der Waals surface area contributed by atoms with Crippen LogP contribution in [0.2, 0.25) is 0 Å². The second-order valence-corrected chi connectivity index (χ2v) is 5.41. The summed E-state index contributed by atoms with van der Waals surface area (Å²) in [6, 6.07) is 0. The van der Waals surface area contributed by atoms with Crippen LogP contribution in [0.4, 0.5) is 0 Å². The van der Waals surface area contributed by atoms with E-state index in [0.29, 0.717) is 22.1 Å². The molecule has 0 saturated heterocycles. The van der Waals surface area contributed by atoms with Crippen LogP contribution >= 0.6 is 15.8 Å². The summed E-state index contributed by atoms with van der Waals surface area (Å²) in [5.41, 5.74) is 0. The van der Waals surface area contributed by atoms with Gasteiger partial charge in [0.05, 0.1) is 0 Å². The number of rotatable bonds is 4. The van der Waals surface area contributed by atoms with Gasteiger partial charge in [-0.1, -0.05) is 0 Å². The minimum atomic E-state index is -0.105. The standard InChI is InChI=1S/2C5H11NO2P.2ClH/c2*1-6(2,3-4-7)5-9-8;;/h2*7H,3-4H2,1-2H3;2*1H/q2*+1;;/p-2. The van der Waals surface area contributed by atoms with Crippen molar-refractivity contribution < 1.29 is 53.1 Å². The number of hydrogen-bond acceptors (Lipinski definition) is 4. The summed E-state index contributed by atoms with van der Waals surface area (Å²) >= 11 is 0. The van der Waals surface area contributed by atoms with Crippen molar-refractivity contribution in [3.8, 4) is 11.5 Å². The van der Waals surface area contributed by atoms with E-state index in [0.717, 1.165) is 0 Å². The largest absolute Gasteiger partial charge is 1.00 e. The Kier molecular flexibility index (Phi) is 22.6. The van der Waals surface area contributed by atoms with Gasteiger partial charge in [0.25, 0.3) is 0 Å². The van der Waals surface area contributed by atoms with Crippen LogP contribution in [0.3, 0.4) is 0 Å². The molecule has 0 aliphatic heterocycles. The van der Waals surface area contributed by atoms with Crippen molar-refractivity contribution in [2.45, 2.75) is 0 Å². The van der Waals surface area contributed by atoms with Gasteiger partial charge in [-0.25, -0.2) is 0 Å². The first kappa shape index (κ1) is 28.6. The average molecular weight is 367 g/mol. The van der Waals surface area contributed by atoms with Crippen LogP contribution in [0, 0.1) is 11.5 Å². The number of nitrogens with zero attached hydrogens (tertiary/aromatic N) is 2. The Morgan fingerprint density at radius 1 is 0.800 bits per heavy atom. The second kappa shape index (κ2) is 15.8. The van der Waals surface area contributed by atoms with Crippen molar-refractivity contribution in [3.63, 3.8) is 0 Å². The summed E-state index contributed by atoms with van der Waals surface area (Å²) < 4.78 is 20.7. The molecular weight excluding hydrogens is 345 g/mol. The summed E-state index contributed by atoms with van der Waals surface area (Å²) in [5.74, 6) is 5.23. The summed E-state index contributed by atoms with van der Waals surface area (Å²) in [7, 11) is 7.07. The zero-order chi connectivity index (χ0) is 14.7. The van der Waals surface area contributed by atoms with Crippen molar-refractivity contribution in [3.05, 3.63) is 0 Å². The van der Waals surface area contributed by atoms with E-state index in [1.54, 1.807) is 0 Å². The fourth-order valence-electron chi connectivity index (χ4n) is 0.821. The predicted octanol–water partition coefficient (Wildman–Crippen LogP) is -5.46. The van der Waals surface area contributed by atoms with Crippen LogP contribution < -0.4 is 24.8 Å². The normalized spacial score (nSPS) is 9.50. The first-order chi connectivity index (χ1) is 8.24. The van der Waals surface area contributed by atoms with Crippen molar-refractivity contribution in [1.82, 2.24) is 0 Å². The smallest absolute Gasteiger partial charge is 1.00 e. The van der Waals surface area contributed by atoms with E-state index in [2.05, 4.69) is 11.5 Å². The van der Waals surface area contributed by atoms with E-state index in [-0.39, 0.29) is 53.9 Å². The molecule has 0 atom stereocenters. The van der Waals surface area contributed by atoms with Crippen molar-refractivity contribution >= 4 is 15.8 Å². The Morgan fingerprint density at radius 3 is 1.20 bits per heavy atom. The molecule has 0 aliphatic rings. The number of aliphatic hydroxyl groups is 2. The van der Waals surface area contributed by atoms with Crippen molar-refractivity contribution in [2.75, 3.05) is 54.5 Å². The Morgan fingerprint density at radius 2 is 1.05 bits per heavy atom. The molecule has 2 N–H and O–H groups in total. The Bertz CT molecular complexity index is 392. The molecule has 0 aromatic carbocycles. The first-order valence-electron chi connectivity index (χ1n) is 5.31. The van der Waals surface area contributed by atoms with Gasteiger partial charge in [0.1, 0.15) is 0 Å². The molecule has 0 bridgehead atoms. The minimum absolute atomic E-state index is 0. The summed E-state index contributed by atoms with van der Waals surface area (Å²) in [6.07, 6.45) is 0. The monoisotopic (exact) mass is 366 g/mol. The first-order valence-corrected chi connectivity index (χ1v) is 6.94. The van der Waals surface area contributed by atoms with E-state index in [1.165, 1.54) is 0 Å².